The fraction of sp³-hybridized carbons (Fsp3) is 0.600. The fourth-order valence-electron chi connectivity index (χ4n) is 2.37. The topological polar surface area (TPSA) is 21.3 Å². The first-order valence-corrected chi connectivity index (χ1v) is 6.63. The van der Waals surface area contributed by atoms with Gasteiger partial charge in [0.2, 0.25) is 0 Å². The average molecular weight is 253 g/mol. The third-order valence-electron chi connectivity index (χ3n) is 3.14. The molecule has 2 unspecified atom stereocenters. The van der Waals surface area contributed by atoms with Gasteiger partial charge in [-0.2, -0.15) is 0 Å². The van der Waals surface area contributed by atoms with Gasteiger partial charge in [0, 0.05) is 6.04 Å². The van der Waals surface area contributed by atoms with Crippen LogP contribution >= 0.6 is 0 Å². The molecule has 0 radical (unpaired) electrons. The van der Waals surface area contributed by atoms with Gasteiger partial charge < -0.3 is 10.1 Å². The van der Waals surface area contributed by atoms with Gasteiger partial charge in [0.05, 0.1) is 7.11 Å². The summed E-state index contributed by atoms with van der Waals surface area (Å²) in [5.74, 6) is 0.558. The standard InChI is InChI=1S/C15H24FNO/c1-5-17-12(3)9-11(2)10-13-7-6-8-14(18-4)15(13)16/h6-8,11-12,17H,5,9-10H2,1-4H3. The highest BCUT2D eigenvalue weighted by atomic mass is 19.1. The first-order valence-electron chi connectivity index (χ1n) is 6.63. The lowest BCUT2D eigenvalue weighted by molar-refractivity contribution is 0.378. The van der Waals surface area contributed by atoms with Gasteiger partial charge in [-0.25, -0.2) is 4.39 Å². The number of methoxy groups -OCH3 is 1. The maximum Gasteiger partial charge on any atom is 0.168 e. The van der Waals surface area contributed by atoms with E-state index in [1.165, 1.54) is 7.11 Å². The number of nitrogens with one attached hydrogen (secondary N) is 1. The van der Waals surface area contributed by atoms with Gasteiger partial charge in [-0.15, -0.1) is 0 Å². The van der Waals surface area contributed by atoms with Crippen LogP contribution in [0.5, 0.6) is 5.75 Å². The summed E-state index contributed by atoms with van der Waals surface area (Å²) in [5.41, 5.74) is 0.741. The molecule has 102 valence electrons. The van der Waals surface area contributed by atoms with Gasteiger partial charge in [-0.3, -0.25) is 0 Å². The molecule has 1 rings (SSSR count). The molecule has 0 fully saturated rings. The molecule has 1 aromatic carbocycles. The smallest absolute Gasteiger partial charge is 0.168 e. The molecule has 2 atom stereocenters. The minimum Gasteiger partial charge on any atom is -0.494 e. The third kappa shape index (κ3) is 4.30. The van der Waals surface area contributed by atoms with Gasteiger partial charge in [0.1, 0.15) is 0 Å². The largest absolute Gasteiger partial charge is 0.494 e. The molecule has 2 nitrogen and oxygen atoms in total. The summed E-state index contributed by atoms with van der Waals surface area (Å²) in [6.45, 7) is 7.40. The zero-order chi connectivity index (χ0) is 13.5. The van der Waals surface area contributed by atoms with E-state index in [1.54, 1.807) is 6.07 Å². The van der Waals surface area contributed by atoms with Crippen molar-refractivity contribution in [3.05, 3.63) is 29.6 Å². The average Bonchev–Trinajstić information content (AvgIpc) is 2.32. The molecule has 18 heavy (non-hydrogen) atoms. The number of hydrogen-bond donors (Lipinski definition) is 1. The summed E-state index contributed by atoms with van der Waals surface area (Å²) < 4.78 is 19.0. The Hall–Kier alpha value is -1.09. The van der Waals surface area contributed by atoms with Crippen molar-refractivity contribution in [2.75, 3.05) is 13.7 Å². The van der Waals surface area contributed by atoms with Crippen LogP contribution in [0.15, 0.2) is 18.2 Å². The molecular formula is C15H24FNO. The molecule has 0 bridgehead atoms. The molecule has 0 amide bonds. The van der Waals surface area contributed by atoms with Gasteiger partial charge in [0.25, 0.3) is 0 Å². The minimum atomic E-state index is -0.219. The maximum atomic E-state index is 14.0. The van der Waals surface area contributed by atoms with Crippen LogP contribution in [-0.4, -0.2) is 19.7 Å². The highest BCUT2D eigenvalue weighted by Crippen LogP contribution is 2.23. The van der Waals surface area contributed by atoms with Crippen LogP contribution in [0.3, 0.4) is 0 Å². The molecule has 0 spiro atoms. The van der Waals surface area contributed by atoms with Crippen molar-refractivity contribution < 1.29 is 9.13 Å². The van der Waals surface area contributed by atoms with Crippen molar-refractivity contribution in [3.8, 4) is 5.75 Å². The monoisotopic (exact) mass is 253 g/mol. The minimum absolute atomic E-state index is 0.219. The van der Waals surface area contributed by atoms with Crippen molar-refractivity contribution in [3.63, 3.8) is 0 Å². The molecular weight excluding hydrogens is 229 g/mol. The molecule has 0 aromatic heterocycles. The van der Waals surface area contributed by atoms with E-state index < -0.39 is 0 Å². The Balaban J connectivity index is 2.61. The second-order valence-corrected chi connectivity index (χ2v) is 4.94. The maximum absolute atomic E-state index is 14.0. The zero-order valence-electron chi connectivity index (χ0n) is 11.8. The summed E-state index contributed by atoms with van der Waals surface area (Å²) >= 11 is 0. The molecule has 0 saturated carbocycles. The number of benzene rings is 1. The van der Waals surface area contributed by atoms with E-state index in [1.807, 2.05) is 12.1 Å². The van der Waals surface area contributed by atoms with E-state index in [-0.39, 0.29) is 5.82 Å². The van der Waals surface area contributed by atoms with Crippen molar-refractivity contribution in [2.45, 2.75) is 39.7 Å². The Morgan fingerprint density at radius 2 is 2.06 bits per heavy atom. The summed E-state index contributed by atoms with van der Waals surface area (Å²) in [5, 5.41) is 3.38. The Morgan fingerprint density at radius 3 is 2.67 bits per heavy atom. The first kappa shape index (κ1) is 15.0. The van der Waals surface area contributed by atoms with Crippen molar-refractivity contribution in [1.29, 1.82) is 0 Å². The summed E-state index contributed by atoms with van der Waals surface area (Å²) in [7, 11) is 1.50. The zero-order valence-corrected chi connectivity index (χ0v) is 11.8. The molecule has 0 aliphatic heterocycles. The predicted molar refractivity (Wildman–Crippen MR) is 73.6 cm³/mol. The van der Waals surface area contributed by atoms with Crippen molar-refractivity contribution in [2.24, 2.45) is 5.92 Å². The van der Waals surface area contributed by atoms with E-state index >= 15 is 0 Å². The van der Waals surface area contributed by atoms with E-state index in [0.29, 0.717) is 17.7 Å². The van der Waals surface area contributed by atoms with Gasteiger partial charge in [-0.1, -0.05) is 26.0 Å². The lowest BCUT2D eigenvalue weighted by Gasteiger charge is -2.18. The number of hydrogen-bond acceptors (Lipinski definition) is 2. The second-order valence-electron chi connectivity index (χ2n) is 4.94. The lowest BCUT2D eigenvalue weighted by atomic mass is 9.94. The molecule has 0 saturated heterocycles. The van der Waals surface area contributed by atoms with Crippen molar-refractivity contribution in [1.82, 2.24) is 5.32 Å². The quantitative estimate of drug-likeness (QED) is 0.804. The summed E-state index contributed by atoms with van der Waals surface area (Å²) in [6, 6.07) is 5.81. The molecule has 0 aliphatic carbocycles. The Morgan fingerprint density at radius 1 is 1.33 bits per heavy atom. The summed E-state index contributed by atoms with van der Waals surface area (Å²) in [6.07, 6.45) is 1.79. The molecule has 1 N–H and O–H groups in total. The van der Waals surface area contributed by atoms with Gasteiger partial charge >= 0.3 is 0 Å². The van der Waals surface area contributed by atoms with E-state index in [0.717, 1.165) is 24.9 Å². The molecule has 0 heterocycles. The molecule has 1 aromatic rings. The van der Waals surface area contributed by atoms with Crippen molar-refractivity contribution >= 4 is 0 Å². The van der Waals surface area contributed by atoms with Gasteiger partial charge in [0.15, 0.2) is 11.6 Å². The Bertz CT molecular complexity index is 368. The summed E-state index contributed by atoms with van der Waals surface area (Å²) in [4.78, 5) is 0. The van der Waals surface area contributed by atoms with E-state index in [9.17, 15) is 4.39 Å². The second kappa shape index (κ2) is 7.37. The highest BCUT2D eigenvalue weighted by Gasteiger charge is 2.13. The van der Waals surface area contributed by atoms with Crippen LogP contribution in [0, 0.1) is 11.7 Å². The van der Waals surface area contributed by atoms with Crippen LogP contribution in [0.25, 0.3) is 0 Å². The predicted octanol–water partition coefficient (Wildman–Crippen LogP) is 3.40. The van der Waals surface area contributed by atoms with E-state index in [4.69, 9.17) is 4.74 Å². The van der Waals surface area contributed by atoms with Crippen LogP contribution in [0.2, 0.25) is 0 Å². The molecule has 3 heteroatoms. The van der Waals surface area contributed by atoms with Crippen LogP contribution in [0.4, 0.5) is 4.39 Å². The highest BCUT2D eigenvalue weighted by molar-refractivity contribution is 5.31. The van der Waals surface area contributed by atoms with Gasteiger partial charge in [-0.05, 0) is 43.9 Å². The molecule has 0 aliphatic rings. The Labute approximate surface area is 110 Å². The number of ether oxygens (including phenoxy) is 1. The first-order chi connectivity index (χ1) is 8.58. The van der Waals surface area contributed by atoms with Crippen LogP contribution in [0.1, 0.15) is 32.8 Å². The van der Waals surface area contributed by atoms with Crippen LogP contribution < -0.4 is 10.1 Å². The normalized spacial score (nSPS) is 14.3. The Kier molecular flexibility index (Phi) is 6.13. The number of halogens is 1. The SMILES string of the molecule is CCNC(C)CC(C)Cc1cccc(OC)c1F. The number of rotatable bonds is 7. The lowest BCUT2D eigenvalue weighted by Crippen LogP contribution is -2.27. The fourth-order valence-corrected chi connectivity index (χ4v) is 2.37. The van der Waals surface area contributed by atoms with E-state index in [2.05, 4.69) is 26.1 Å². The van der Waals surface area contributed by atoms with Crippen LogP contribution in [-0.2, 0) is 6.42 Å². The third-order valence-corrected chi connectivity index (χ3v) is 3.14.